The first-order valence-electron chi connectivity index (χ1n) is 13.6. The zero-order chi connectivity index (χ0) is 28.9. The molecule has 0 saturated carbocycles. The van der Waals surface area contributed by atoms with Gasteiger partial charge in [-0.2, -0.15) is 9.36 Å². The van der Waals surface area contributed by atoms with Crippen molar-refractivity contribution in [3.63, 3.8) is 0 Å². The Balaban J connectivity index is 1.43. The molecule has 2 aromatic heterocycles. The second-order valence-corrected chi connectivity index (χ2v) is 10.4. The van der Waals surface area contributed by atoms with E-state index in [1.54, 1.807) is 23.1 Å². The van der Waals surface area contributed by atoms with Crippen LogP contribution in [-0.2, 0) is 6.42 Å². The Morgan fingerprint density at radius 2 is 1.61 bits per heavy atom. The maximum atomic E-state index is 13.8. The number of methoxy groups -OCH3 is 2. The van der Waals surface area contributed by atoms with Crippen LogP contribution in [0.5, 0.6) is 23.1 Å². The molecule has 0 radical (unpaired) electrons. The van der Waals surface area contributed by atoms with Crippen LogP contribution in [0.1, 0.15) is 35.8 Å². The molecule has 0 spiro atoms. The number of amides is 1. The van der Waals surface area contributed by atoms with Gasteiger partial charge in [0.15, 0.2) is 5.82 Å². The van der Waals surface area contributed by atoms with E-state index < -0.39 is 11.8 Å². The van der Waals surface area contributed by atoms with Crippen molar-refractivity contribution in [1.82, 2.24) is 19.2 Å². The molecule has 1 amide bonds. The number of ether oxygens (including phenoxy) is 2. The van der Waals surface area contributed by atoms with Crippen molar-refractivity contribution in [3.8, 4) is 45.6 Å². The van der Waals surface area contributed by atoms with E-state index in [0.29, 0.717) is 66.7 Å². The van der Waals surface area contributed by atoms with Gasteiger partial charge in [0, 0.05) is 43.3 Å². The van der Waals surface area contributed by atoms with Gasteiger partial charge < -0.3 is 29.5 Å². The van der Waals surface area contributed by atoms with Gasteiger partial charge in [-0.05, 0) is 25.0 Å². The molecule has 3 heterocycles. The van der Waals surface area contributed by atoms with Gasteiger partial charge in [0.2, 0.25) is 11.0 Å². The van der Waals surface area contributed by atoms with Crippen LogP contribution in [0.3, 0.4) is 0 Å². The number of aryl methyl sites for hydroxylation is 1. The average Bonchev–Trinajstić information content (AvgIpc) is 3.50. The Hall–Kier alpha value is -4.38. The van der Waals surface area contributed by atoms with E-state index in [4.69, 9.17) is 9.47 Å². The fraction of sp³-hybridized carbons (Fsp3) is 0.333. The number of hydrogen-bond donors (Lipinski definition) is 2. The highest BCUT2D eigenvalue weighted by Gasteiger charge is 2.32. The van der Waals surface area contributed by atoms with Crippen LogP contribution in [-0.4, -0.2) is 75.8 Å². The van der Waals surface area contributed by atoms with Crippen molar-refractivity contribution in [2.24, 2.45) is 0 Å². The highest BCUT2D eigenvalue weighted by atomic mass is 32.1. The first-order chi connectivity index (χ1) is 20.0. The minimum atomic E-state index is -0.494. The smallest absolute Gasteiger partial charge is 0.263 e. The monoisotopic (exact) mass is 575 g/mol. The molecule has 0 atom stereocenters. The van der Waals surface area contributed by atoms with Gasteiger partial charge in [0.25, 0.3) is 5.91 Å². The predicted molar refractivity (Wildman–Crippen MR) is 158 cm³/mol. The molecule has 1 aliphatic heterocycles. The lowest BCUT2D eigenvalue weighted by molar-refractivity contribution is 0.0739. The Bertz CT molecular complexity index is 1500. The minimum absolute atomic E-state index is 0.232. The standard InChI is InChI=1S/C30H33N5O5S/c1-4-5-12-20-23(24-21(39-2)13-9-14-22(24)40-3)26(36)25(28(37)31-20)29(38)34-15-17-35(18-16-34)30-32-27(33-41-30)19-10-7-6-8-11-19/h6-11,13-14H,4-5,12,15-18H2,1-3H3,(H2,31,36,37). The molecular weight excluding hydrogens is 542 g/mol. The van der Waals surface area contributed by atoms with Crippen molar-refractivity contribution in [1.29, 1.82) is 0 Å². The van der Waals surface area contributed by atoms with Crippen LogP contribution in [0.2, 0.25) is 0 Å². The average molecular weight is 576 g/mol. The molecule has 1 fully saturated rings. The lowest BCUT2D eigenvalue weighted by Gasteiger charge is -2.34. The summed E-state index contributed by atoms with van der Waals surface area (Å²) in [7, 11) is 3.06. The van der Waals surface area contributed by atoms with Crippen molar-refractivity contribution in [2.45, 2.75) is 26.2 Å². The molecule has 2 aromatic carbocycles. The van der Waals surface area contributed by atoms with Crippen LogP contribution >= 0.6 is 11.5 Å². The number of carbonyl (C=O) groups excluding carboxylic acids is 1. The molecule has 2 N–H and O–H groups in total. The molecule has 4 aromatic rings. The summed E-state index contributed by atoms with van der Waals surface area (Å²) >= 11 is 1.32. The fourth-order valence-electron chi connectivity index (χ4n) is 5.00. The molecule has 0 unspecified atom stereocenters. The molecule has 41 heavy (non-hydrogen) atoms. The molecule has 10 nitrogen and oxygen atoms in total. The van der Waals surface area contributed by atoms with Gasteiger partial charge in [-0.25, -0.2) is 4.98 Å². The summed E-state index contributed by atoms with van der Waals surface area (Å²) in [6.45, 7) is 3.87. The van der Waals surface area contributed by atoms with E-state index >= 15 is 0 Å². The number of piperazine rings is 1. The summed E-state index contributed by atoms with van der Waals surface area (Å²) in [6, 6.07) is 15.1. The molecular formula is C30H33N5O5S. The third-order valence-corrected chi connectivity index (χ3v) is 7.95. The lowest BCUT2D eigenvalue weighted by Crippen LogP contribution is -2.48. The number of hydrogen-bond acceptors (Lipinski definition) is 10. The van der Waals surface area contributed by atoms with Gasteiger partial charge in [0.1, 0.15) is 22.8 Å². The van der Waals surface area contributed by atoms with E-state index in [1.165, 1.54) is 25.8 Å². The van der Waals surface area contributed by atoms with Gasteiger partial charge in [-0.1, -0.05) is 49.7 Å². The SMILES string of the molecule is CCCCc1nc(O)c(C(=O)N2CCN(c3nc(-c4ccccc4)ns3)CC2)c(O)c1-c1c(OC)cccc1OC. The molecule has 11 heteroatoms. The van der Waals surface area contributed by atoms with Crippen LogP contribution in [0.4, 0.5) is 5.13 Å². The first kappa shape index (κ1) is 28.2. The number of unbranched alkanes of at least 4 members (excludes halogenated alkanes) is 1. The number of benzene rings is 2. The topological polar surface area (TPSA) is 121 Å². The van der Waals surface area contributed by atoms with Gasteiger partial charge >= 0.3 is 0 Å². The van der Waals surface area contributed by atoms with Crippen LogP contribution < -0.4 is 14.4 Å². The van der Waals surface area contributed by atoms with E-state index in [0.717, 1.165) is 23.5 Å². The zero-order valence-corrected chi connectivity index (χ0v) is 24.1. The summed E-state index contributed by atoms with van der Waals surface area (Å²) in [5, 5.41) is 23.3. The maximum Gasteiger partial charge on any atom is 0.263 e. The van der Waals surface area contributed by atoms with Gasteiger partial charge in [0.05, 0.1) is 31.0 Å². The second-order valence-electron chi connectivity index (χ2n) is 9.67. The lowest BCUT2D eigenvalue weighted by atomic mass is 9.95. The quantitative estimate of drug-likeness (QED) is 0.284. The van der Waals surface area contributed by atoms with Gasteiger partial charge in [-0.15, -0.1) is 0 Å². The van der Waals surface area contributed by atoms with Gasteiger partial charge in [-0.3, -0.25) is 4.79 Å². The molecule has 5 rings (SSSR count). The number of anilines is 1. The number of aromatic nitrogens is 3. The Kier molecular flexibility index (Phi) is 8.53. The number of aromatic hydroxyl groups is 2. The third kappa shape index (κ3) is 5.62. The largest absolute Gasteiger partial charge is 0.506 e. The molecule has 1 saturated heterocycles. The fourth-order valence-corrected chi connectivity index (χ4v) is 5.74. The highest BCUT2D eigenvalue weighted by Crippen LogP contribution is 2.47. The Morgan fingerprint density at radius 3 is 2.24 bits per heavy atom. The number of carbonyl (C=O) groups is 1. The van der Waals surface area contributed by atoms with Crippen molar-refractivity contribution in [3.05, 3.63) is 59.8 Å². The zero-order valence-electron chi connectivity index (χ0n) is 23.3. The number of nitrogens with zero attached hydrogens (tertiary/aromatic N) is 5. The van der Waals surface area contributed by atoms with Crippen LogP contribution in [0.15, 0.2) is 48.5 Å². The maximum absolute atomic E-state index is 13.8. The van der Waals surface area contributed by atoms with E-state index in [2.05, 4.69) is 19.2 Å². The molecule has 1 aliphatic rings. The number of pyridine rings is 1. The van der Waals surface area contributed by atoms with Crippen molar-refractivity contribution in [2.75, 3.05) is 45.3 Å². The number of rotatable bonds is 9. The first-order valence-corrected chi connectivity index (χ1v) is 14.3. The van der Waals surface area contributed by atoms with Crippen LogP contribution in [0.25, 0.3) is 22.5 Å². The third-order valence-electron chi connectivity index (χ3n) is 7.17. The summed E-state index contributed by atoms with van der Waals surface area (Å²) < 4.78 is 15.7. The van der Waals surface area contributed by atoms with Crippen molar-refractivity contribution >= 4 is 22.6 Å². The summed E-state index contributed by atoms with van der Waals surface area (Å²) in [5.74, 6) is 0.275. The predicted octanol–water partition coefficient (Wildman–Crippen LogP) is 5.00. The summed E-state index contributed by atoms with van der Waals surface area (Å²) in [5.41, 5.74) is 2.00. The molecule has 214 valence electrons. The molecule has 0 bridgehead atoms. The summed E-state index contributed by atoms with van der Waals surface area (Å²) in [6.07, 6.45) is 2.16. The molecule has 0 aliphatic carbocycles. The summed E-state index contributed by atoms with van der Waals surface area (Å²) in [4.78, 5) is 26.6. The normalized spacial score (nSPS) is 13.3. The van der Waals surface area contributed by atoms with E-state index in [-0.39, 0.29) is 11.3 Å². The van der Waals surface area contributed by atoms with Crippen molar-refractivity contribution < 1.29 is 24.5 Å². The Morgan fingerprint density at radius 1 is 0.927 bits per heavy atom. The van der Waals surface area contributed by atoms with E-state index in [9.17, 15) is 15.0 Å². The second kappa shape index (κ2) is 12.4. The highest BCUT2D eigenvalue weighted by molar-refractivity contribution is 7.09. The Labute approximate surface area is 243 Å². The van der Waals surface area contributed by atoms with Crippen LogP contribution in [0, 0.1) is 0 Å². The minimum Gasteiger partial charge on any atom is -0.506 e. The van der Waals surface area contributed by atoms with E-state index in [1.807, 2.05) is 37.3 Å².